The number of nitrogens with zero attached hydrogens (tertiary/aromatic N) is 2. The summed E-state index contributed by atoms with van der Waals surface area (Å²) in [6, 6.07) is 1.76. The second-order valence-corrected chi connectivity index (χ2v) is 4.69. The van der Waals surface area contributed by atoms with Gasteiger partial charge >= 0.3 is 0 Å². The Balaban J connectivity index is 3.06. The van der Waals surface area contributed by atoms with Gasteiger partial charge in [-0.15, -0.1) is 0 Å². The van der Waals surface area contributed by atoms with Crippen LogP contribution in [0.4, 0.5) is 0 Å². The van der Waals surface area contributed by atoms with Crippen molar-refractivity contribution in [1.29, 1.82) is 0 Å². The Hall–Kier alpha value is -1.42. The van der Waals surface area contributed by atoms with Gasteiger partial charge in [-0.05, 0) is 40.4 Å². The zero-order valence-electron chi connectivity index (χ0n) is 11.9. The molecule has 1 heterocycles. The Kier molecular flexibility index (Phi) is 4.84. The zero-order chi connectivity index (χ0) is 13.8. The molecule has 0 saturated carbocycles. The third kappa shape index (κ3) is 2.88. The molecular formula is C14H22N2O2. The number of hydrogen-bond acceptors (Lipinski definition) is 4. The molecule has 0 bridgehead atoms. The van der Waals surface area contributed by atoms with E-state index in [0.29, 0.717) is 17.9 Å². The van der Waals surface area contributed by atoms with Crippen LogP contribution in [-0.4, -0.2) is 41.9 Å². The highest BCUT2D eigenvalue weighted by Crippen LogP contribution is 2.23. The van der Waals surface area contributed by atoms with Crippen LogP contribution >= 0.6 is 0 Å². The van der Waals surface area contributed by atoms with Crippen LogP contribution in [-0.2, 0) is 0 Å². The number of pyridine rings is 1. The summed E-state index contributed by atoms with van der Waals surface area (Å²) in [6.07, 6.45) is 3.97. The van der Waals surface area contributed by atoms with E-state index in [9.17, 15) is 4.79 Å². The summed E-state index contributed by atoms with van der Waals surface area (Å²) in [7, 11) is 3.84. The minimum absolute atomic E-state index is 0.0732. The number of likely N-dealkylation sites (N-methyl/N-ethyl adjacent to an activating group) is 1. The largest absolute Gasteiger partial charge is 0.492 e. The van der Waals surface area contributed by atoms with Gasteiger partial charge in [0.15, 0.2) is 5.78 Å². The number of carbonyl (C=O) groups is 1. The van der Waals surface area contributed by atoms with Crippen molar-refractivity contribution in [2.24, 2.45) is 0 Å². The SMILES string of the molecule is CCOc1cncc(C(=O)C(C)(CC)N(C)C)c1. The van der Waals surface area contributed by atoms with Crippen LogP contribution in [0.15, 0.2) is 18.5 Å². The highest BCUT2D eigenvalue weighted by atomic mass is 16.5. The fraction of sp³-hybridized carbons (Fsp3) is 0.571. The molecule has 0 aliphatic rings. The van der Waals surface area contributed by atoms with Crippen molar-refractivity contribution < 1.29 is 9.53 Å². The minimum Gasteiger partial charge on any atom is -0.492 e. The molecule has 0 radical (unpaired) electrons. The van der Waals surface area contributed by atoms with Crippen molar-refractivity contribution in [2.75, 3.05) is 20.7 Å². The van der Waals surface area contributed by atoms with Crippen LogP contribution < -0.4 is 4.74 Å². The number of carbonyl (C=O) groups excluding carboxylic acids is 1. The molecular weight excluding hydrogens is 228 g/mol. The molecule has 18 heavy (non-hydrogen) atoms. The molecule has 0 aliphatic heterocycles. The predicted molar refractivity (Wildman–Crippen MR) is 72.1 cm³/mol. The summed E-state index contributed by atoms with van der Waals surface area (Å²) < 4.78 is 5.38. The van der Waals surface area contributed by atoms with E-state index < -0.39 is 5.54 Å². The van der Waals surface area contributed by atoms with E-state index in [1.807, 2.05) is 39.8 Å². The van der Waals surface area contributed by atoms with Gasteiger partial charge in [0, 0.05) is 11.8 Å². The molecule has 0 spiro atoms. The van der Waals surface area contributed by atoms with Crippen LogP contribution in [0.2, 0.25) is 0 Å². The average Bonchev–Trinajstić information content (AvgIpc) is 2.37. The lowest BCUT2D eigenvalue weighted by Gasteiger charge is -2.34. The van der Waals surface area contributed by atoms with E-state index in [-0.39, 0.29) is 5.78 Å². The molecule has 1 atom stereocenters. The third-order valence-corrected chi connectivity index (χ3v) is 3.45. The second-order valence-electron chi connectivity index (χ2n) is 4.69. The van der Waals surface area contributed by atoms with Crippen molar-refractivity contribution in [1.82, 2.24) is 9.88 Å². The van der Waals surface area contributed by atoms with E-state index in [1.54, 1.807) is 18.5 Å². The van der Waals surface area contributed by atoms with Crippen LogP contribution in [0.3, 0.4) is 0 Å². The van der Waals surface area contributed by atoms with Crippen molar-refractivity contribution in [3.05, 3.63) is 24.0 Å². The van der Waals surface area contributed by atoms with Gasteiger partial charge in [-0.3, -0.25) is 14.7 Å². The maximum absolute atomic E-state index is 12.6. The van der Waals surface area contributed by atoms with Gasteiger partial charge in [0.25, 0.3) is 0 Å². The van der Waals surface area contributed by atoms with Crippen molar-refractivity contribution in [2.45, 2.75) is 32.7 Å². The minimum atomic E-state index is -0.507. The van der Waals surface area contributed by atoms with Gasteiger partial charge < -0.3 is 4.74 Å². The molecule has 4 heteroatoms. The Morgan fingerprint density at radius 3 is 2.56 bits per heavy atom. The predicted octanol–water partition coefficient (Wildman–Crippen LogP) is 2.39. The van der Waals surface area contributed by atoms with E-state index in [1.165, 1.54) is 0 Å². The molecule has 1 rings (SSSR count). The standard InChI is InChI=1S/C14H22N2O2/c1-6-14(3,16(4)5)13(17)11-8-12(18-7-2)10-15-9-11/h8-10H,6-7H2,1-5H3. The summed E-state index contributed by atoms with van der Waals surface area (Å²) in [4.78, 5) is 18.6. The summed E-state index contributed by atoms with van der Waals surface area (Å²) in [5, 5.41) is 0. The monoisotopic (exact) mass is 250 g/mol. The summed E-state index contributed by atoms with van der Waals surface area (Å²) in [5.41, 5.74) is 0.0889. The van der Waals surface area contributed by atoms with Crippen molar-refractivity contribution in [3.8, 4) is 5.75 Å². The molecule has 0 N–H and O–H groups in total. The molecule has 100 valence electrons. The lowest BCUT2D eigenvalue weighted by atomic mass is 9.88. The topological polar surface area (TPSA) is 42.4 Å². The maximum atomic E-state index is 12.6. The molecule has 1 aromatic rings. The van der Waals surface area contributed by atoms with Crippen LogP contribution in [0.1, 0.15) is 37.6 Å². The van der Waals surface area contributed by atoms with E-state index in [4.69, 9.17) is 4.74 Å². The molecule has 0 saturated heterocycles. The maximum Gasteiger partial charge on any atom is 0.184 e. The van der Waals surface area contributed by atoms with Gasteiger partial charge in [-0.25, -0.2) is 0 Å². The van der Waals surface area contributed by atoms with E-state index in [0.717, 1.165) is 6.42 Å². The smallest absolute Gasteiger partial charge is 0.184 e. The van der Waals surface area contributed by atoms with Crippen molar-refractivity contribution >= 4 is 5.78 Å². The Labute approximate surface area is 109 Å². The molecule has 0 aromatic carbocycles. The number of Topliss-reactive ketones (excluding diaryl/α,β-unsaturated/α-hetero) is 1. The Bertz CT molecular complexity index is 418. The first kappa shape index (κ1) is 14.6. The number of rotatable bonds is 6. The summed E-state index contributed by atoms with van der Waals surface area (Å²) in [6.45, 7) is 6.43. The number of hydrogen-bond donors (Lipinski definition) is 0. The summed E-state index contributed by atoms with van der Waals surface area (Å²) in [5.74, 6) is 0.713. The number of aromatic nitrogens is 1. The van der Waals surface area contributed by atoms with Gasteiger partial charge in [-0.2, -0.15) is 0 Å². The van der Waals surface area contributed by atoms with Gasteiger partial charge in [0.2, 0.25) is 0 Å². The fourth-order valence-corrected chi connectivity index (χ4v) is 1.78. The second kappa shape index (κ2) is 5.96. The van der Waals surface area contributed by atoms with E-state index in [2.05, 4.69) is 4.98 Å². The molecule has 0 fully saturated rings. The first-order valence-corrected chi connectivity index (χ1v) is 6.25. The summed E-state index contributed by atoms with van der Waals surface area (Å²) >= 11 is 0. The number of ketones is 1. The van der Waals surface area contributed by atoms with Crippen LogP contribution in [0.25, 0.3) is 0 Å². The molecule has 4 nitrogen and oxygen atoms in total. The third-order valence-electron chi connectivity index (χ3n) is 3.45. The molecule has 1 unspecified atom stereocenters. The van der Waals surface area contributed by atoms with Gasteiger partial charge in [-0.1, -0.05) is 6.92 Å². The average molecular weight is 250 g/mol. The fourth-order valence-electron chi connectivity index (χ4n) is 1.78. The first-order chi connectivity index (χ1) is 8.45. The van der Waals surface area contributed by atoms with Gasteiger partial charge in [0.05, 0.1) is 18.3 Å². The molecule has 0 amide bonds. The van der Waals surface area contributed by atoms with E-state index >= 15 is 0 Å². The van der Waals surface area contributed by atoms with Crippen LogP contribution in [0.5, 0.6) is 5.75 Å². The lowest BCUT2D eigenvalue weighted by molar-refractivity contribution is 0.0709. The Morgan fingerprint density at radius 1 is 1.39 bits per heavy atom. The van der Waals surface area contributed by atoms with Crippen LogP contribution in [0, 0.1) is 0 Å². The lowest BCUT2D eigenvalue weighted by Crippen LogP contribution is -2.48. The highest BCUT2D eigenvalue weighted by Gasteiger charge is 2.34. The first-order valence-electron chi connectivity index (χ1n) is 6.25. The zero-order valence-corrected chi connectivity index (χ0v) is 11.9. The quantitative estimate of drug-likeness (QED) is 0.727. The normalized spacial score (nSPS) is 14.3. The molecule has 1 aromatic heterocycles. The number of ether oxygens (including phenoxy) is 1. The Morgan fingerprint density at radius 2 is 2.06 bits per heavy atom. The van der Waals surface area contributed by atoms with Gasteiger partial charge in [0.1, 0.15) is 5.75 Å². The van der Waals surface area contributed by atoms with Crippen molar-refractivity contribution in [3.63, 3.8) is 0 Å². The molecule has 0 aliphatic carbocycles. The highest BCUT2D eigenvalue weighted by molar-refractivity contribution is 6.02.